The number of aliphatic hydroxyl groups excluding tert-OH is 1. The van der Waals surface area contributed by atoms with Crippen molar-refractivity contribution in [3.8, 4) is 5.75 Å². The van der Waals surface area contributed by atoms with Crippen LogP contribution in [0.15, 0.2) is 46.9 Å². The highest BCUT2D eigenvalue weighted by atomic mass is 79.9. The van der Waals surface area contributed by atoms with Gasteiger partial charge in [0.1, 0.15) is 12.7 Å². The quantitative estimate of drug-likeness (QED) is 0.716. The SMILES string of the molecule is OC(COc1c(F)cc(Br)cc1F)CN1CCN(Cc2ccccc2)CC1. The first-order valence-electron chi connectivity index (χ1n) is 8.95. The summed E-state index contributed by atoms with van der Waals surface area (Å²) in [4.78, 5) is 4.52. The van der Waals surface area contributed by atoms with Gasteiger partial charge in [0.2, 0.25) is 0 Å². The Morgan fingerprint density at radius 2 is 1.59 bits per heavy atom. The minimum atomic E-state index is -0.812. The number of piperazine rings is 1. The van der Waals surface area contributed by atoms with Crippen molar-refractivity contribution in [3.63, 3.8) is 0 Å². The molecule has 2 aromatic rings. The normalized spacial score (nSPS) is 17.0. The summed E-state index contributed by atoms with van der Waals surface area (Å²) in [6, 6.07) is 12.6. The van der Waals surface area contributed by atoms with E-state index >= 15 is 0 Å². The number of halogens is 3. The molecule has 1 heterocycles. The van der Waals surface area contributed by atoms with Crippen molar-refractivity contribution in [1.29, 1.82) is 0 Å². The first-order valence-corrected chi connectivity index (χ1v) is 9.74. The molecule has 1 unspecified atom stereocenters. The van der Waals surface area contributed by atoms with Gasteiger partial charge in [0, 0.05) is 43.7 Å². The summed E-state index contributed by atoms with van der Waals surface area (Å²) in [5.41, 5.74) is 1.29. The lowest BCUT2D eigenvalue weighted by atomic mass is 10.2. The van der Waals surface area contributed by atoms with Crippen molar-refractivity contribution in [1.82, 2.24) is 9.80 Å². The summed E-state index contributed by atoms with van der Waals surface area (Å²) < 4.78 is 33.0. The smallest absolute Gasteiger partial charge is 0.190 e. The van der Waals surface area contributed by atoms with Crippen LogP contribution < -0.4 is 4.74 Å². The molecular formula is C20H23BrF2N2O2. The molecule has 1 N–H and O–H groups in total. The molecule has 0 spiro atoms. The van der Waals surface area contributed by atoms with Crippen molar-refractivity contribution in [2.75, 3.05) is 39.3 Å². The highest BCUT2D eigenvalue weighted by molar-refractivity contribution is 9.10. The van der Waals surface area contributed by atoms with E-state index in [0.717, 1.165) is 44.9 Å². The van der Waals surface area contributed by atoms with Crippen LogP contribution in [0.25, 0.3) is 0 Å². The molecule has 3 rings (SSSR count). The summed E-state index contributed by atoms with van der Waals surface area (Å²) in [5.74, 6) is -2.03. The number of ether oxygens (including phenoxy) is 1. The van der Waals surface area contributed by atoms with E-state index < -0.39 is 23.5 Å². The molecule has 1 saturated heterocycles. The van der Waals surface area contributed by atoms with Crippen molar-refractivity contribution >= 4 is 15.9 Å². The predicted octanol–water partition coefficient (Wildman–Crippen LogP) is 3.28. The Morgan fingerprint density at radius 1 is 1.00 bits per heavy atom. The van der Waals surface area contributed by atoms with E-state index in [2.05, 4.69) is 37.9 Å². The maximum Gasteiger partial charge on any atom is 0.190 e. The number of aliphatic hydroxyl groups is 1. The van der Waals surface area contributed by atoms with E-state index in [-0.39, 0.29) is 6.61 Å². The molecule has 1 aliphatic heterocycles. The highest BCUT2D eigenvalue weighted by Gasteiger charge is 2.20. The molecule has 4 nitrogen and oxygen atoms in total. The maximum atomic E-state index is 13.7. The maximum absolute atomic E-state index is 13.7. The molecule has 0 saturated carbocycles. The standard InChI is InChI=1S/C20H23BrF2N2O2/c21-16-10-18(22)20(19(23)11-16)27-14-17(26)13-25-8-6-24(7-9-25)12-15-4-2-1-3-5-15/h1-5,10-11,17,26H,6-9,12-14H2. The summed E-state index contributed by atoms with van der Waals surface area (Å²) in [6.45, 7) is 4.69. The Balaban J connectivity index is 1.41. The van der Waals surface area contributed by atoms with Gasteiger partial charge in [-0.05, 0) is 17.7 Å². The molecule has 1 fully saturated rings. The fraction of sp³-hybridized carbons (Fsp3) is 0.400. The van der Waals surface area contributed by atoms with Crippen LogP contribution >= 0.6 is 15.9 Å². The largest absolute Gasteiger partial charge is 0.485 e. The van der Waals surface area contributed by atoms with Crippen molar-refractivity contribution in [3.05, 3.63) is 64.1 Å². The van der Waals surface area contributed by atoms with Crippen LogP contribution in [0.2, 0.25) is 0 Å². The van der Waals surface area contributed by atoms with Gasteiger partial charge in [0.25, 0.3) is 0 Å². The Morgan fingerprint density at radius 3 is 2.22 bits per heavy atom. The summed E-state index contributed by atoms with van der Waals surface area (Å²) >= 11 is 3.02. The third-order valence-corrected chi connectivity index (χ3v) is 5.02. The summed E-state index contributed by atoms with van der Waals surface area (Å²) in [5, 5.41) is 10.2. The Labute approximate surface area is 166 Å². The third-order valence-electron chi connectivity index (χ3n) is 4.57. The van der Waals surface area contributed by atoms with Gasteiger partial charge in [0.05, 0.1) is 0 Å². The van der Waals surface area contributed by atoms with Gasteiger partial charge in [-0.2, -0.15) is 0 Å². The number of rotatable bonds is 7. The Kier molecular flexibility index (Phi) is 7.18. The van der Waals surface area contributed by atoms with Crippen LogP contribution in [-0.4, -0.2) is 60.3 Å². The van der Waals surface area contributed by atoms with Gasteiger partial charge < -0.3 is 9.84 Å². The average molecular weight is 441 g/mol. The average Bonchev–Trinajstić information content (AvgIpc) is 2.63. The lowest BCUT2D eigenvalue weighted by Crippen LogP contribution is -2.48. The fourth-order valence-electron chi connectivity index (χ4n) is 3.17. The predicted molar refractivity (Wildman–Crippen MR) is 104 cm³/mol. The second kappa shape index (κ2) is 9.59. The van der Waals surface area contributed by atoms with Crippen LogP contribution in [0.1, 0.15) is 5.56 Å². The number of benzene rings is 2. The van der Waals surface area contributed by atoms with Crippen molar-refractivity contribution in [2.24, 2.45) is 0 Å². The van der Waals surface area contributed by atoms with E-state index in [1.807, 2.05) is 18.2 Å². The summed E-state index contributed by atoms with van der Waals surface area (Å²) in [7, 11) is 0. The molecule has 1 atom stereocenters. The molecule has 1 aliphatic rings. The van der Waals surface area contributed by atoms with Gasteiger partial charge in [-0.25, -0.2) is 8.78 Å². The van der Waals surface area contributed by atoms with Crippen LogP contribution in [-0.2, 0) is 6.54 Å². The Hall–Kier alpha value is -1.54. The molecule has 146 valence electrons. The fourth-order valence-corrected chi connectivity index (χ4v) is 3.57. The van der Waals surface area contributed by atoms with Gasteiger partial charge >= 0.3 is 0 Å². The van der Waals surface area contributed by atoms with E-state index in [9.17, 15) is 13.9 Å². The minimum Gasteiger partial charge on any atom is -0.485 e. The van der Waals surface area contributed by atoms with E-state index in [4.69, 9.17) is 4.74 Å². The monoisotopic (exact) mass is 440 g/mol. The molecule has 7 heteroatoms. The third kappa shape index (κ3) is 5.97. The zero-order valence-electron chi connectivity index (χ0n) is 15.0. The number of nitrogens with zero attached hydrogens (tertiary/aromatic N) is 2. The van der Waals surface area contributed by atoms with Crippen molar-refractivity contribution in [2.45, 2.75) is 12.6 Å². The molecular weight excluding hydrogens is 418 g/mol. The zero-order chi connectivity index (χ0) is 19.2. The summed E-state index contributed by atoms with van der Waals surface area (Å²) in [6.07, 6.45) is -0.812. The first-order chi connectivity index (χ1) is 13.0. The molecule has 0 bridgehead atoms. The van der Waals surface area contributed by atoms with E-state index in [1.54, 1.807) is 0 Å². The molecule has 0 aromatic heterocycles. The highest BCUT2D eigenvalue weighted by Crippen LogP contribution is 2.26. The molecule has 2 aromatic carbocycles. The number of hydrogen-bond acceptors (Lipinski definition) is 4. The minimum absolute atomic E-state index is 0.153. The lowest BCUT2D eigenvalue weighted by molar-refractivity contribution is 0.0428. The van der Waals surface area contributed by atoms with Crippen LogP contribution in [0.3, 0.4) is 0 Å². The second-order valence-electron chi connectivity index (χ2n) is 6.73. The molecule has 0 radical (unpaired) electrons. The van der Waals surface area contributed by atoms with E-state index in [1.165, 1.54) is 5.56 Å². The number of hydrogen-bond donors (Lipinski definition) is 1. The van der Waals surface area contributed by atoms with Crippen LogP contribution in [0.5, 0.6) is 5.75 Å². The van der Waals surface area contributed by atoms with E-state index in [0.29, 0.717) is 11.0 Å². The Bertz CT molecular complexity index is 717. The van der Waals surface area contributed by atoms with Gasteiger partial charge in [-0.3, -0.25) is 9.80 Å². The van der Waals surface area contributed by atoms with Gasteiger partial charge in [0.15, 0.2) is 17.4 Å². The van der Waals surface area contributed by atoms with Gasteiger partial charge in [-0.1, -0.05) is 46.3 Å². The van der Waals surface area contributed by atoms with Crippen LogP contribution in [0, 0.1) is 11.6 Å². The van der Waals surface area contributed by atoms with Gasteiger partial charge in [-0.15, -0.1) is 0 Å². The molecule has 0 aliphatic carbocycles. The number of β-amino-alcohol motifs (C(OH)–C–C–N with tert-alkyl or cyclic N) is 1. The van der Waals surface area contributed by atoms with Crippen molar-refractivity contribution < 1.29 is 18.6 Å². The zero-order valence-corrected chi connectivity index (χ0v) is 16.5. The van der Waals surface area contributed by atoms with Crippen LogP contribution in [0.4, 0.5) is 8.78 Å². The lowest BCUT2D eigenvalue weighted by Gasteiger charge is -2.35. The second-order valence-corrected chi connectivity index (χ2v) is 7.64. The molecule has 27 heavy (non-hydrogen) atoms. The molecule has 0 amide bonds. The first kappa shape index (κ1) is 20.2. The topological polar surface area (TPSA) is 35.9 Å².